The SMILES string of the molecule is CCN(C)C(=O)CNCc1ccc(OC)c(C#N)c1. The van der Waals surface area contributed by atoms with Crippen LogP contribution >= 0.6 is 0 Å². The van der Waals surface area contributed by atoms with Crippen LogP contribution in [0.4, 0.5) is 0 Å². The van der Waals surface area contributed by atoms with E-state index in [0.29, 0.717) is 24.4 Å². The summed E-state index contributed by atoms with van der Waals surface area (Å²) in [5.74, 6) is 0.615. The number of carbonyl (C=O) groups is 1. The van der Waals surface area contributed by atoms with E-state index in [2.05, 4.69) is 11.4 Å². The van der Waals surface area contributed by atoms with Gasteiger partial charge in [-0.3, -0.25) is 4.79 Å². The zero-order valence-electron chi connectivity index (χ0n) is 11.6. The molecule has 1 aromatic carbocycles. The molecule has 1 N–H and O–H groups in total. The lowest BCUT2D eigenvalue weighted by Crippen LogP contribution is -2.35. The number of nitriles is 1. The van der Waals surface area contributed by atoms with Gasteiger partial charge in [0, 0.05) is 20.1 Å². The van der Waals surface area contributed by atoms with Crippen molar-refractivity contribution in [1.82, 2.24) is 10.2 Å². The van der Waals surface area contributed by atoms with Crippen molar-refractivity contribution in [3.05, 3.63) is 29.3 Å². The van der Waals surface area contributed by atoms with Gasteiger partial charge < -0.3 is 15.0 Å². The number of nitrogens with zero attached hydrogens (tertiary/aromatic N) is 2. The predicted octanol–water partition coefficient (Wildman–Crippen LogP) is 1.13. The summed E-state index contributed by atoms with van der Waals surface area (Å²) in [6, 6.07) is 7.48. The van der Waals surface area contributed by atoms with Crippen molar-refractivity contribution in [1.29, 1.82) is 5.26 Å². The van der Waals surface area contributed by atoms with E-state index in [1.54, 1.807) is 24.1 Å². The lowest BCUT2D eigenvalue weighted by Gasteiger charge is -2.14. The Kier molecular flexibility index (Phi) is 5.83. The number of ether oxygens (including phenoxy) is 1. The number of benzene rings is 1. The third-order valence-electron chi connectivity index (χ3n) is 2.89. The number of rotatable bonds is 6. The molecule has 0 saturated carbocycles. The number of methoxy groups -OCH3 is 1. The summed E-state index contributed by atoms with van der Waals surface area (Å²) in [5.41, 5.74) is 1.45. The topological polar surface area (TPSA) is 65.4 Å². The lowest BCUT2D eigenvalue weighted by atomic mass is 10.1. The van der Waals surface area contributed by atoms with E-state index >= 15 is 0 Å². The van der Waals surface area contributed by atoms with E-state index in [-0.39, 0.29) is 12.5 Å². The first-order valence-electron chi connectivity index (χ1n) is 6.14. The van der Waals surface area contributed by atoms with E-state index in [9.17, 15) is 4.79 Å². The molecule has 0 atom stereocenters. The average Bonchev–Trinajstić information content (AvgIpc) is 2.45. The number of likely N-dealkylation sites (N-methyl/N-ethyl adjacent to an activating group) is 1. The van der Waals surface area contributed by atoms with Crippen LogP contribution in [0.1, 0.15) is 18.1 Å². The summed E-state index contributed by atoms with van der Waals surface area (Å²) in [7, 11) is 3.30. The Bertz CT molecular complexity index is 480. The van der Waals surface area contributed by atoms with Crippen LogP contribution in [-0.4, -0.2) is 38.1 Å². The molecule has 0 aliphatic rings. The van der Waals surface area contributed by atoms with Gasteiger partial charge in [-0.1, -0.05) is 6.07 Å². The van der Waals surface area contributed by atoms with Crippen LogP contribution in [0.15, 0.2) is 18.2 Å². The van der Waals surface area contributed by atoms with Crippen LogP contribution < -0.4 is 10.1 Å². The summed E-state index contributed by atoms with van der Waals surface area (Å²) in [4.78, 5) is 13.2. The fraction of sp³-hybridized carbons (Fsp3) is 0.429. The Morgan fingerprint density at radius 2 is 2.26 bits per heavy atom. The maximum Gasteiger partial charge on any atom is 0.236 e. The maximum atomic E-state index is 11.6. The number of hydrogen-bond acceptors (Lipinski definition) is 4. The minimum Gasteiger partial charge on any atom is -0.495 e. The van der Waals surface area contributed by atoms with E-state index < -0.39 is 0 Å². The first-order chi connectivity index (χ1) is 9.12. The van der Waals surface area contributed by atoms with Crippen molar-refractivity contribution < 1.29 is 9.53 Å². The normalized spacial score (nSPS) is 9.79. The lowest BCUT2D eigenvalue weighted by molar-refractivity contribution is -0.128. The fourth-order valence-corrected chi connectivity index (χ4v) is 1.58. The average molecular weight is 261 g/mol. The molecule has 0 aliphatic heterocycles. The van der Waals surface area contributed by atoms with Crippen molar-refractivity contribution in [3.63, 3.8) is 0 Å². The second kappa shape index (κ2) is 7.39. The highest BCUT2D eigenvalue weighted by Crippen LogP contribution is 2.18. The Labute approximate surface area is 113 Å². The van der Waals surface area contributed by atoms with E-state index in [1.807, 2.05) is 13.0 Å². The number of hydrogen-bond donors (Lipinski definition) is 1. The number of carbonyl (C=O) groups excluding carboxylic acids is 1. The molecule has 0 radical (unpaired) electrons. The summed E-state index contributed by atoms with van der Waals surface area (Å²) in [6.45, 7) is 3.46. The van der Waals surface area contributed by atoms with Gasteiger partial charge in [-0.15, -0.1) is 0 Å². The standard InChI is InChI=1S/C14H19N3O2/c1-4-17(2)14(18)10-16-9-11-5-6-13(19-3)12(7-11)8-15/h5-7,16H,4,9-10H2,1-3H3. The van der Waals surface area contributed by atoms with Gasteiger partial charge in [-0.05, 0) is 24.6 Å². The van der Waals surface area contributed by atoms with Crippen LogP contribution in [0.3, 0.4) is 0 Å². The minimum atomic E-state index is 0.0523. The molecule has 0 fully saturated rings. The van der Waals surface area contributed by atoms with Crippen molar-refractivity contribution in [2.24, 2.45) is 0 Å². The van der Waals surface area contributed by atoms with Crippen molar-refractivity contribution in [3.8, 4) is 11.8 Å². The van der Waals surface area contributed by atoms with Crippen molar-refractivity contribution in [2.45, 2.75) is 13.5 Å². The van der Waals surface area contributed by atoms with Gasteiger partial charge in [0.2, 0.25) is 5.91 Å². The molecule has 1 amide bonds. The van der Waals surface area contributed by atoms with Crippen molar-refractivity contribution >= 4 is 5.91 Å². The molecule has 0 aliphatic carbocycles. The van der Waals surface area contributed by atoms with Crippen molar-refractivity contribution in [2.75, 3.05) is 27.2 Å². The van der Waals surface area contributed by atoms with Gasteiger partial charge in [0.15, 0.2) is 0 Å². The van der Waals surface area contributed by atoms with E-state index in [4.69, 9.17) is 10.00 Å². The first-order valence-corrected chi connectivity index (χ1v) is 6.14. The molecular weight excluding hydrogens is 242 g/mol. The van der Waals surface area contributed by atoms with Gasteiger partial charge in [0.1, 0.15) is 11.8 Å². The highest BCUT2D eigenvalue weighted by atomic mass is 16.5. The summed E-state index contributed by atoms with van der Waals surface area (Å²) in [5, 5.41) is 12.0. The monoisotopic (exact) mass is 261 g/mol. The molecule has 19 heavy (non-hydrogen) atoms. The van der Waals surface area contributed by atoms with Gasteiger partial charge in [0.25, 0.3) is 0 Å². The van der Waals surface area contributed by atoms with Gasteiger partial charge in [0.05, 0.1) is 19.2 Å². The molecule has 0 bridgehead atoms. The van der Waals surface area contributed by atoms with Crippen LogP contribution in [0, 0.1) is 11.3 Å². The largest absolute Gasteiger partial charge is 0.495 e. The minimum absolute atomic E-state index is 0.0523. The Hall–Kier alpha value is -2.06. The molecule has 0 heterocycles. The first kappa shape index (κ1) is 15.0. The summed E-state index contributed by atoms with van der Waals surface area (Å²) in [6.07, 6.45) is 0. The van der Waals surface area contributed by atoms with Gasteiger partial charge >= 0.3 is 0 Å². The van der Waals surface area contributed by atoms with E-state index in [0.717, 1.165) is 5.56 Å². The third kappa shape index (κ3) is 4.27. The predicted molar refractivity (Wildman–Crippen MR) is 72.7 cm³/mol. The molecule has 0 spiro atoms. The molecule has 1 aromatic rings. The molecule has 5 heteroatoms. The molecule has 0 unspecified atom stereocenters. The molecule has 0 aromatic heterocycles. The molecular formula is C14H19N3O2. The van der Waals surface area contributed by atoms with E-state index in [1.165, 1.54) is 7.11 Å². The zero-order chi connectivity index (χ0) is 14.3. The maximum absolute atomic E-state index is 11.6. The zero-order valence-corrected chi connectivity index (χ0v) is 11.6. The number of amides is 1. The Morgan fingerprint density at radius 1 is 1.53 bits per heavy atom. The second-order valence-corrected chi connectivity index (χ2v) is 4.16. The molecule has 5 nitrogen and oxygen atoms in total. The molecule has 102 valence electrons. The highest BCUT2D eigenvalue weighted by molar-refractivity contribution is 5.77. The van der Waals surface area contributed by atoms with Crippen LogP contribution in [0.2, 0.25) is 0 Å². The summed E-state index contributed by atoms with van der Waals surface area (Å²) >= 11 is 0. The fourth-order valence-electron chi connectivity index (χ4n) is 1.58. The van der Waals surface area contributed by atoms with Crippen LogP contribution in [0.25, 0.3) is 0 Å². The number of nitrogens with one attached hydrogen (secondary N) is 1. The smallest absolute Gasteiger partial charge is 0.236 e. The Balaban J connectivity index is 2.55. The van der Waals surface area contributed by atoms with Crippen LogP contribution in [-0.2, 0) is 11.3 Å². The summed E-state index contributed by atoms with van der Waals surface area (Å²) < 4.78 is 5.08. The molecule has 0 saturated heterocycles. The highest BCUT2D eigenvalue weighted by Gasteiger charge is 2.07. The quantitative estimate of drug-likeness (QED) is 0.834. The third-order valence-corrected chi connectivity index (χ3v) is 2.89. The Morgan fingerprint density at radius 3 is 2.84 bits per heavy atom. The van der Waals surface area contributed by atoms with Crippen LogP contribution in [0.5, 0.6) is 5.75 Å². The second-order valence-electron chi connectivity index (χ2n) is 4.16. The van der Waals surface area contributed by atoms with Gasteiger partial charge in [-0.25, -0.2) is 0 Å². The molecule has 1 rings (SSSR count). The van der Waals surface area contributed by atoms with Gasteiger partial charge in [-0.2, -0.15) is 5.26 Å².